The Labute approximate surface area is 107 Å². The maximum atomic E-state index is 13.4. The minimum Gasteiger partial charge on any atom is -0.375 e. The van der Waals surface area contributed by atoms with Crippen LogP contribution in [-0.2, 0) is 13.1 Å². The van der Waals surface area contributed by atoms with Crippen molar-refractivity contribution >= 4 is 5.69 Å². The molecule has 0 bridgehead atoms. The van der Waals surface area contributed by atoms with Crippen LogP contribution < -0.4 is 5.32 Å². The summed E-state index contributed by atoms with van der Waals surface area (Å²) in [5, 5.41) is 13.7. The molecule has 2 aromatic rings. The van der Waals surface area contributed by atoms with Gasteiger partial charge < -0.3 is 5.32 Å². The first-order valence-electron chi connectivity index (χ1n) is 5.76. The number of halogens is 3. The number of nitrogens with zero attached hydrogens (tertiary/aromatic N) is 4. The maximum absolute atomic E-state index is 13.4. The van der Waals surface area contributed by atoms with E-state index in [4.69, 9.17) is 0 Å². The Bertz CT molecular complexity index is 569. The minimum absolute atomic E-state index is 0.120. The highest BCUT2D eigenvalue weighted by Gasteiger charge is 2.14. The number of aryl methyl sites for hydroxylation is 1. The molecule has 0 atom stereocenters. The Morgan fingerprint density at radius 3 is 2.74 bits per heavy atom. The number of hydrogen-bond donors (Lipinski definition) is 1. The number of tetrazole rings is 1. The summed E-state index contributed by atoms with van der Waals surface area (Å²) in [6.07, 6.45) is 0.845. The lowest BCUT2D eigenvalue weighted by Gasteiger charge is -2.08. The molecule has 0 spiro atoms. The smallest absolute Gasteiger partial charge is 0.196 e. The highest BCUT2D eigenvalue weighted by atomic mass is 19.2. The predicted octanol–water partition coefficient (Wildman–Crippen LogP) is 2.11. The van der Waals surface area contributed by atoms with Gasteiger partial charge in [-0.25, -0.2) is 17.9 Å². The molecule has 0 aliphatic rings. The van der Waals surface area contributed by atoms with E-state index in [1.165, 1.54) is 0 Å². The minimum atomic E-state index is -1.50. The molecular formula is C11H12F3N5. The number of aromatic nitrogens is 4. The van der Waals surface area contributed by atoms with Crippen molar-refractivity contribution in [2.45, 2.75) is 26.4 Å². The van der Waals surface area contributed by atoms with Gasteiger partial charge in [-0.15, -0.1) is 5.10 Å². The van der Waals surface area contributed by atoms with Crippen molar-refractivity contribution in [2.75, 3.05) is 5.32 Å². The van der Waals surface area contributed by atoms with Crippen LogP contribution >= 0.6 is 0 Å². The first-order valence-corrected chi connectivity index (χ1v) is 5.76. The number of anilines is 1. The van der Waals surface area contributed by atoms with Gasteiger partial charge in [0.1, 0.15) is 0 Å². The average Bonchev–Trinajstić information content (AvgIpc) is 2.83. The Kier molecular flexibility index (Phi) is 3.98. The third-order valence-corrected chi connectivity index (χ3v) is 2.51. The molecule has 0 saturated heterocycles. The molecule has 1 N–H and O–H groups in total. The maximum Gasteiger partial charge on any atom is 0.196 e. The van der Waals surface area contributed by atoms with Crippen LogP contribution in [-0.4, -0.2) is 20.2 Å². The van der Waals surface area contributed by atoms with Crippen molar-refractivity contribution in [3.63, 3.8) is 0 Å². The normalized spacial score (nSPS) is 10.7. The van der Waals surface area contributed by atoms with Crippen LogP contribution in [0, 0.1) is 17.5 Å². The number of benzene rings is 1. The van der Waals surface area contributed by atoms with Crippen LogP contribution in [0.15, 0.2) is 12.1 Å². The van der Waals surface area contributed by atoms with Gasteiger partial charge in [0.15, 0.2) is 23.3 Å². The second kappa shape index (κ2) is 5.68. The summed E-state index contributed by atoms with van der Waals surface area (Å²) in [6.45, 7) is 2.72. The van der Waals surface area contributed by atoms with Crippen LogP contribution in [0.1, 0.15) is 19.2 Å². The Morgan fingerprint density at radius 2 is 2.00 bits per heavy atom. The molecule has 8 heteroatoms. The molecule has 0 saturated carbocycles. The van der Waals surface area contributed by atoms with Crippen LogP contribution in [0.5, 0.6) is 0 Å². The Morgan fingerprint density at radius 1 is 1.21 bits per heavy atom. The zero-order chi connectivity index (χ0) is 13.8. The topological polar surface area (TPSA) is 55.6 Å². The summed E-state index contributed by atoms with van der Waals surface area (Å²) in [4.78, 5) is 0. The molecule has 0 fully saturated rings. The van der Waals surface area contributed by atoms with Crippen LogP contribution in [0.25, 0.3) is 0 Å². The number of rotatable bonds is 5. The van der Waals surface area contributed by atoms with E-state index < -0.39 is 17.5 Å². The fourth-order valence-corrected chi connectivity index (χ4v) is 1.57. The van der Waals surface area contributed by atoms with Gasteiger partial charge >= 0.3 is 0 Å². The van der Waals surface area contributed by atoms with Gasteiger partial charge in [0.25, 0.3) is 0 Å². The monoisotopic (exact) mass is 271 g/mol. The van der Waals surface area contributed by atoms with E-state index in [0.29, 0.717) is 12.4 Å². The van der Waals surface area contributed by atoms with Gasteiger partial charge in [0, 0.05) is 6.54 Å². The second-order valence-corrected chi connectivity index (χ2v) is 3.89. The Hall–Kier alpha value is -2.12. The largest absolute Gasteiger partial charge is 0.375 e. The van der Waals surface area contributed by atoms with E-state index in [1.807, 2.05) is 6.92 Å². The fraction of sp³-hybridized carbons (Fsp3) is 0.364. The van der Waals surface area contributed by atoms with Crippen molar-refractivity contribution in [3.05, 3.63) is 35.4 Å². The summed E-state index contributed by atoms with van der Waals surface area (Å²) in [6, 6.07) is 1.98. The first-order chi connectivity index (χ1) is 9.13. The lowest BCUT2D eigenvalue weighted by Crippen LogP contribution is -2.11. The van der Waals surface area contributed by atoms with Gasteiger partial charge in [-0.1, -0.05) is 6.92 Å². The average molecular weight is 271 g/mol. The molecule has 1 aromatic carbocycles. The summed E-state index contributed by atoms with van der Waals surface area (Å²) in [5.41, 5.74) is -0.134. The zero-order valence-electron chi connectivity index (χ0n) is 10.2. The summed E-state index contributed by atoms with van der Waals surface area (Å²) in [5.74, 6) is -3.49. The molecular weight excluding hydrogens is 259 g/mol. The van der Waals surface area contributed by atoms with E-state index in [2.05, 4.69) is 20.8 Å². The highest BCUT2D eigenvalue weighted by Crippen LogP contribution is 2.19. The van der Waals surface area contributed by atoms with Crippen LogP contribution in [0.2, 0.25) is 0 Å². The van der Waals surface area contributed by atoms with E-state index in [1.54, 1.807) is 4.68 Å². The number of nitrogens with one attached hydrogen (secondary N) is 1. The first kappa shape index (κ1) is 13.3. The van der Waals surface area contributed by atoms with Gasteiger partial charge in [-0.3, -0.25) is 0 Å². The van der Waals surface area contributed by atoms with Crippen molar-refractivity contribution < 1.29 is 13.2 Å². The summed E-state index contributed by atoms with van der Waals surface area (Å²) < 4.78 is 40.7. The molecule has 102 valence electrons. The van der Waals surface area contributed by atoms with Crippen molar-refractivity contribution in [3.8, 4) is 0 Å². The summed E-state index contributed by atoms with van der Waals surface area (Å²) in [7, 11) is 0. The van der Waals surface area contributed by atoms with E-state index in [0.717, 1.165) is 18.6 Å². The second-order valence-electron chi connectivity index (χ2n) is 3.89. The zero-order valence-corrected chi connectivity index (χ0v) is 10.2. The quantitative estimate of drug-likeness (QED) is 0.846. The molecule has 0 aliphatic carbocycles. The molecule has 5 nitrogen and oxygen atoms in total. The standard InChI is InChI=1S/C11H12F3N5/c1-2-5-19-9(16-17-18-19)6-15-8-4-3-7(12)10(13)11(8)14/h3-4,15H,2,5-6H2,1H3. The molecule has 0 radical (unpaired) electrons. The Balaban J connectivity index is 2.10. The summed E-state index contributed by atoms with van der Waals surface area (Å²) >= 11 is 0. The molecule has 19 heavy (non-hydrogen) atoms. The third-order valence-electron chi connectivity index (χ3n) is 2.51. The lowest BCUT2D eigenvalue weighted by molar-refractivity contribution is 0.448. The third kappa shape index (κ3) is 2.83. The highest BCUT2D eigenvalue weighted by molar-refractivity contribution is 5.45. The lowest BCUT2D eigenvalue weighted by atomic mass is 10.3. The molecule has 0 unspecified atom stereocenters. The molecule has 0 amide bonds. The van der Waals surface area contributed by atoms with E-state index in [-0.39, 0.29) is 12.2 Å². The van der Waals surface area contributed by atoms with Crippen molar-refractivity contribution in [1.29, 1.82) is 0 Å². The van der Waals surface area contributed by atoms with Crippen molar-refractivity contribution in [1.82, 2.24) is 20.2 Å². The molecule has 2 rings (SSSR count). The predicted molar refractivity (Wildman–Crippen MR) is 61.8 cm³/mol. The van der Waals surface area contributed by atoms with Gasteiger partial charge in [-0.2, -0.15) is 0 Å². The van der Waals surface area contributed by atoms with Crippen LogP contribution in [0.3, 0.4) is 0 Å². The fourth-order valence-electron chi connectivity index (χ4n) is 1.57. The molecule has 1 aromatic heterocycles. The van der Waals surface area contributed by atoms with Crippen molar-refractivity contribution in [2.24, 2.45) is 0 Å². The molecule has 0 aliphatic heterocycles. The van der Waals surface area contributed by atoms with E-state index >= 15 is 0 Å². The van der Waals surface area contributed by atoms with Crippen LogP contribution in [0.4, 0.5) is 18.9 Å². The van der Waals surface area contributed by atoms with E-state index in [9.17, 15) is 13.2 Å². The van der Waals surface area contributed by atoms with Gasteiger partial charge in [-0.05, 0) is 29.0 Å². The van der Waals surface area contributed by atoms with Gasteiger partial charge in [0.05, 0.1) is 12.2 Å². The number of hydrogen-bond acceptors (Lipinski definition) is 4. The molecule has 1 heterocycles. The SMILES string of the molecule is CCCn1nnnc1CNc1ccc(F)c(F)c1F. The van der Waals surface area contributed by atoms with Gasteiger partial charge in [0.2, 0.25) is 0 Å².